The summed E-state index contributed by atoms with van der Waals surface area (Å²) in [6.07, 6.45) is -0.200. The van der Waals surface area contributed by atoms with E-state index in [1.807, 2.05) is 5.38 Å². The number of nitrogens with zero attached hydrogens (tertiary/aromatic N) is 2. The van der Waals surface area contributed by atoms with Crippen LogP contribution in [0.3, 0.4) is 0 Å². The molecular formula is C19H24ClN3O3S. The van der Waals surface area contributed by atoms with E-state index in [1.165, 1.54) is 11.3 Å². The van der Waals surface area contributed by atoms with Crippen LogP contribution in [0.5, 0.6) is 5.75 Å². The first kappa shape index (κ1) is 20.1. The molecule has 1 saturated heterocycles. The smallest absolute Gasteiger partial charge is 0.266 e. The molecule has 2 aromatic rings. The lowest BCUT2D eigenvalue weighted by atomic mass is 10.2. The van der Waals surface area contributed by atoms with E-state index < -0.39 is 6.10 Å². The van der Waals surface area contributed by atoms with Gasteiger partial charge in [0.1, 0.15) is 5.75 Å². The van der Waals surface area contributed by atoms with E-state index in [-0.39, 0.29) is 18.1 Å². The Hall–Kier alpha value is -1.67. The van der Waals surface area contributed by atoms with Crippen LogP contribution in [-0.4, -0.2) is 47.2 Å². The standard InChI is InChI=1S/C19H24ClN3O3S/c1-12-8-23(9-13(2)25-12)10-16-11-27-19(21-16)22-18(24)14(3)26-17-6-4-15(20)5-7-17/h4-7,11-14H,8-10H2,1-3H3,(H,21,22,24)/t12-,13+,14-/m0/s1. The summed E-state index contributed by atoms with van der Waals surface area (Å²) >= 11 is 7.27. The minimum Gasteiger partial charge on any atom is -0.481 e. The van der Waals surface area contributed by atoms with Crippen molar-refractivity contribution in [3.8, 4) is 5.75 Å². The molecule has 1 aromatic carbocycles. The summed E-state index contributed by atoms with van der Waals surface area (Å²) in [7, 11) is 0. The number of benzene rings is 1. The Labute approximate surface area is 168 Å². The summed E-state index contributed by atoms with van der Waals surface area (Å²) < 4.78 is 11.4. The number of anilines is 1. The number of morpholine rings is 1. The number of hydrogen-bond acceptors (Lipinski definition) is 6. The van der Waals surface area contributed by atoms with Crippen LogP contribution in [0.1, 0.15) is 26.5 Å². The number of amides is 1. The maximum absolute atomic E-state index is 12.3. The summed E-state index contributed by atoms with van der Waals surface area (Å²) in [6.45, 7) is 8.39. The summed E-state index contributed by atoms with van der Waals surface area (Å²) in [4.78, 5) is 19.2. The monoisotopic (exact) mass is 409 g/mol. The van der Waals surface area contributed by atoms with Gasteiger partial charge >= 0.3 is 0 Å². The van der Waals surface area contributed by atoms with Crippen LogP contribution in [0.25, 0.3) is 0 Å². The first-order valence-electron chi connectivity index (χ1n) is 8.94. The van der Waals surface area contributed by atoms with Crippen LogP contribution in [0, 0.1) is 0 Å². The average Bonchev–Trinajstić information content (AvgIpc) is 3.02. The van der Waals surface area contributed by atoms with Crippen LogP contribution in [-0.2, 0) is 16.1 Å². The van der Waals surface area contributed by atoms with E-state index in [0.717, 1.165) is 25.3 Å². The minimum absolute atomic E-state index is 0.220. The first-order valence-corrected chi connectivity index (χ1v) is 10.2. The van der Waals surface area contributed by atoms with Gasteiger partial charge in [-0.2, -0.15) is 0 Å². The third-order valence-corrected chi connectivity index (χ3v) is 5.22. The van der Waals surface area contributed by atoms with Crippen molar-refractivity contribution in [1.82, 2.24) is 9.88 Å². The molecule has 0 aliphatic carbocycles. The highest BCUT2D eigenvalue weighted by atomic mass is 35.5. The van der Waals surface area contributed by atoms with Crippen molar-refractivity contribution in [2.75, 3.05) is 18.4 Å². The molecule has 1 amide bonds. The van der Waals surface area contributed by atoms with Crippen LogP contribution >= 0.6 is 22.9 Å². The fourth-order valence-corrected chi connectivity index (χ4v) is 3.89. The number of thiazole rings is 1. The molecule has 1 N–H and O–H groups in total. The van der Waals surface area contributed by atoms with Gasteiger partial charge in [0, 0.05) is 30.0 Å². The molecule has 2 heterocycles. The van der Waals surface area contributed by atoms with E-state index in [1.54, 1.807) is 31.2 Å². The summed E-state index contributed by atoms with van der Waals surface area (Å²) in [5.41, 5.74) is 0.947. The number of nitrogens with one attached hydrogen (secondary N) is 1. The van der Waals surface area contributed by atoms with Crippen LogP contribution in [0.4, 0.5) is 5.13 Å². The molecule has 3 rings (SSSR count). The molecule has 0 saturated carbocycles. The second-order valence-electron chi connectivity index (χ2n) is 6.80. The molecule has 1 fully saturated rings. The zero-order valence-corrected chi connectivity index (χ0v) is 17.2. The normalized spacial score (nSPS) is 21.6. The molecule has 1 aliphatic heterocycles. The fraction of sp³-hybridized carbons (Fsp3) is 0.474. The molecule has 27 heavy (non-hydrogen) atoms. The molecule has 0 unspecified atom stereocenters. The Bertz CT molecular complexity index is 758. The molecule has 3 atom stereocenters. The number of carbonyl (C=O) groups excluding carboxylic acids is 1. The van der Waals surface area contributed by atoms with E-state index in [0.29, 0.717) is 15.9 Å². The summed E-state index contributed by atoms with van der Waals surface area (Å²) in [6, 6.07) is 6.92. The maximum atomic E-state index is 12.3. The lowest BCUT2D eigenvalue weighted by Gasteiger charge is -2.34. The van der Waals surface area contributed by atoms with Gasteiger partial charge < -0.3 is 9.47 Å². The topological polar surface area (TPSA) is 63.7 Å². The third kappa shape index (κ3) is 5.90. The number of carbonyl (C=O) groups is 1. The highest BCUT2D eigenvalue weighted by Crippen LogP contribution is 2.21. The molecule has 1 aromatic heterocycles. The lowest BCUT2D eigenvalue weighted by molar-refractivity contribution is -0.122. The Morgan fingerprint density at radius 3 is 2.70 bits per heavy atom. The number of halogens is 1. The van der Waals surface area contributed by atoms with E-state index in [9.17, 15) is 4.79 Å². The molecule has 0 bridgehead atoms. The van der Waals surface area contributed by atoms with Crippen molar-refractivity contribution in [1.29, 1.82) is 0 Å². The molecule has 1 aliphatic rings. The first-order chi connectivity index (χ1) is 12.9. The summed E-state index contributed by atoms with van der Waals surface area (Å²) in [5, 5.41) is 6.00. The van der Waals surface area contributed by atoms with Crippen molar-refractivity contribution in [3.63, 3.8) is 0 Å². The lowest BCUT2D eigenvalue weighted by Crippen LogP contribution is -2.44. The van der Waals surface area contributed by atoms with Crippen LogP contribution < -0.4 is 10.1 Å². The van der Waals surface area contributed by atoms with Gasteiger partial charge in [-0.15, -0.1) is 11.3 Å². The van der Waals surface area contributed by atoms with Gasteiger partial charge in [-0.3, -0.25) is 15.0 Å². The predicted molar refractivity (Wildman–Crippen MR) is 108 cm³/mol. The zero-order chi connectivity index (χ0) is 19.4. The van der Waals surface area contributed by atoms with Gasteiger partial charge in [-0.1, -0.05) is 11.6 Å². The number of ether oxygens (including phenoxy) is 2. The van der Waals surface area contributed by atoms with E-state index in [2.05, 4.69) is 29.0 Å². The Morgan fingerprint density at radius 1 is 1.37 bits per heavy atom. The molecule has 0 radical (unpaired) electrons. The highest BCUT2D eigenvalue weighted by molar-refractivity contribution is 7.13. The van der Waals surface area contributed by atoms with Crippen molar-refractivity contribution in [2.24, 2.45) is 0 Å². The van der Waals surface area contributed by atoms with E-state index in [4.69, 9.17) is 21.1 Å². The quantitative estimate of drug-likeness (QED) is 0.785. The maximum Gasteiger partial charge on any atom is 0.266 e. The molecular weight excluding hydrogens is 386 g/mol. The van der Waals surface area contributed by atoms with Gasteiger partial charge in [-0.05, 0) is 45.0 Å². The van der Waals surface area contributed by atoms with Gasteiger partial charge in [0.25, 0.3) is 5.91 Å². The molecule has 6 nitrogen and oxygen atoms in total. The van der Waals surface area contributed by atoms with Gasteiger partial charge in [0.2, 0.25) is 0 Å². The average molecular weight is 410 g/mol. The SMILES string of the molecule is C[C@@H]1CN(Cc2csc(NC(=O)[C@H](C)Oc3ccc(Cl)cc3)n2)C[C@H](C)O1. The van der Waals surface area contributed by atoms with Gasteiger partial charge in [-0.25, -0.2) is 4.98 Å². The van der Waals surface area contributed by atoms with Crippen LogP contribution in [0.2, 0.25) is 5.02 Å². The van der Waals surface area contributed by atoms with Gasteiger partial charge in [0.15, 0.2) is 11.2 Å². The van der Waals surface area contributed by atoms with E-state index >= 15 is 0 Å². The largest absolute Gasteiger partial charge is 0.481 e. The highest BCUT2D eigenvalue weighted by Gasteiger charge is 2.23. The second kappa shape index (κ2) is 9.01. The molecule has 146 valence electrons. The van der Waals surface area contributed by atoms with Crippen molar-refractivity contribution < 1.29 is 14.3 Å². The Balaban J connectivity index is 1.52. The van der Waals surface area contributed by atoms with Crippen LogP contribution in [0.15, 0.2) is 29.6 Å². The number of aromatic nitrogens is 1. The fourth-order valence-electron chi connectivity index (χ4n) is 3.06. The molecule has 0 spiro atoms. The Kier molecular flexibility index (Phi) is 6.70. The van der Waals surface area contributed by atoms with Crippen molar-refractivity contribution in [2.45, 2.75) is 45.6 Å². The summed E-state index contributed by atoms with van der Waals surface area (Å²) in [5.74, 6) is 0.358. The third-order valence-electron chi connectivity index (χ3n) is 4.16. The molecule has 8 heteroatoms. The predicted octanol–water partition coefficient (Wildman–Crippen LogP) is 3.81. The van der Waals surface area contributed by atoms with Crippen molar-refractivity contribution in [3.05, 3.63) is 40.4 Å². The Morgan fingerprint density at radius 2 is 2.04 bits per heavy atom. The van der Waals surface area contributed by atoms with Gasteiger partial charge in [0.05, 0.1) is 17.9 Å². The van der Waals surface area contributed by atoms with Crippen molar-refractivity contribution >= 4 is 34.0 Å². The number of hydrogen-bond donors (Lipinski definition) is 1. The second-order valence-corrected chi connectivity index (χ2v) is 8.09. The zero-order valence-electron chi connectivity index (χ0n) is 15.6. The minimum atomic E-state index is -0.639. The number of rotatable bonds is 6.